The molecule has 0 bridgehead atoms. The Morgan fingerprint density at radius 2 is 2.45 bits per heavy atom. The monoisotopic (exact) mass is 278 g/mol. The molecule has 1 unspecified atom stereocenters. The van der Waals surface area contributed by atoms with Crippen LogP contribution in [0.5, 0.6) is 0 Å². The second-order valence-corrected chi connectivity index (χ2v) is 4.38. The summed E-state index contributed by atoms with van der Waals surface area (Å²) in [5.74, 6) is 0.143. The van der Waals surface area contributed by atoms with Gasteiger partial charge in [-0.1, -0.05) is 6.92 Å². The number of furan rings is 1. The number of nitro groups is 1. The highest BCUT2D eigenvalue weighted by Crippen LogP contribution is 2.10. The molecule has 8 nitrogen and oxygen atoms in total. The van der Waals surface area contributed by atoms with Crippen LogP contribution < -0.4 is 5.32 Å². The van der Waals surface area contributed by atoms with Crippen molar-refractivity contribution < 1.29 is 14.1 Å². The quantitative estimate of drug-likeness (QED) is 0.634. The molecule has 20 heavy (non-hydrogen) atoms. The molecule has 8 heteroatoms. The van der Waals surface area contributed by atoms with Crippen molar-refractivity contribution >= 4 is 11.6 Å². The zero-order chi connectivity index (χ0) is 14.5. The summed E-state index contributed by atoms with van der Waals surface area (Å²) in [5, 5.41) is 17.1. The Balaban J connectivity index is 1.85. The van der Waals surface area contributed by atoms with E-state index in [9.17, 15) is 14.9 Å². The van der Waals surface area contributed by atoms with E-state index in [0.717, 1.165) is 6.20 Å². The van der Waals surface area contributed by atoms with Crippen LogP contribution in [-0.4, -0.2) is 20.6 Å². The summed E-state index contributed by atoms with van der Waals surface area (Å²) in [6, 6.07) is 3.51. The fraction of sp³-hybridized carbons (Fsp3) is 0.333. The molecular weight excluding hydrogens is 264 g/mol. The normalized spacial score (nSPS) is 12.1. The fourth-order valence-electron chi connectivity index (χ4n) is 1.67. The highest BCUT2D eigenvalue weighted by molar-refractivity contribution is 5.78. The molecule has 1 atom stereocenters. The van der Waals surface area contributed by atoms with Crippen LogP contribution in [0.15, 0.2) is 35.2 Å². The molecule has 0 spiro atoms. The molecule has 0 fully saturated rings. The van der Waals surface area contributed by atoms with Crippen LogP contribution in [0.1, 0.15) is 12.7 Å². The molecule has 0 radical (unpaired) electrons. The molecule has 0 aliphatic heterocycles. The van der Waals surface area contributed by atoms with Crippen LogP contribution in [0.4, 0.5) is 5.69 Å². The van der Waals surface area contributed by atoms with E-state index in [1.807, 2.05) is 0 Å². The number of nitrogens with zero attached hydrogens (tertiary/aromatic N) is 3. The Bertz CT molecular complexity index is 590. The van der Waals surface area contributed by atoms with Crippen LogP contribution in [0.2, 0.25) is 0 Å². The predicted octanol–water partition coefficient (Wildman–Crippen LogP) is 1.34. The minimum Gasteiger partial charge on any atom is -0.467 e. The minimum absolute atomic E-state index is 0.0896. The maximum absolute atomic E-state index is 11.9. The van der Waals surface area contributed by atoms with E-state index in [2.05, 4.69) is 10.4 Å². The number of carbonyl (C=O) groups is 1. The lowest BCUT2D eigenvalue weighted by atomic mass is 10.1. The average molecular weight is 278 g/mol. The third kappa shape index (κ3) is 3.44. The summed E-state index contributed by atoms with van der Waals surface area (Å²) in [6.07, 6.45) is 4.00. The second-order valence-electron chi connectivity index (χ2n) is 4.38. The molecule has 2 aromatic heterocycles. The predicted molar refractivity (Wildman–Crippen MR) is 68.6 cm³/mol. The van der Waals surface area contributed by atoms with E-state index in [4.69, 9.17) is 4.42 Å². The maximum Gasteiger partial charge on any atom is 0.306 e. The van der Waals surface area contributed by atoms with Gasteiger partial charge in [-0.25, -0.2) is 0 Å². The molecule has 1 N–H and O–H groups in total. The van der Waals surface area contributed by atoms with Gasteiger partial charge in [0.25, 0.3) is 0 Å². The standard InChI is InChI=1S/C12H14N4O4/c1-9(7-15-8-10(5-14-15)16(18)19)12(17)13-6-11-3-2-4-20-11/h2-5,8-9H,6-7H2,1H3,(H,13,17). The topological polar surface area (TPSA) is 103 Å². The molecule has 106 valence electrons. The van der Waals surface area contributed by atoms with Gasteiger partial charge >= 0.3 is 5.69 Å². The maximum atomic E-state index is 11.9. The van der Waals surface area contributed by atoms with Crippen molar-refractivity contribution in [3.05, 3.63) is 46.7 Å². The van der Waals surface area contributed by atoms with Gasteiger partial charge in [-0.2, -0.15) is 5.10 Å². The summed E-state index contributed by atoms with van der Waals surface area (Å²) in [4.78, 5) is 21.9. The number of amides is 1. The lowest BCUT2D eigenvalue weighted by molar-refractivity contribution is -0.385. The summed E-state index contributed by atoms with van der Waals surface area (Å²) < 4.78 is 6.49. The first kappa shape index (κ1) is 13.8. The summed E-state index contributed by atoms with van der Waals surface area (Å²) >= 11 is 0. The van der Waals surface area contributed by atoms with Crippen molar-refractivity contribution in [3.63, 3.8) is 0 Å². The van der Waals surface area contributed by atoms with Crippen molar-refractivity contribution in [1.29, 1.82) is 0 Å². The summed E-state index contributed by atoms with van der Waals surface area (Å²) in [5.41, 5.74) is -0.0896. The van der Waals surface area contributed by atoms with Crippen molar-refractivity contribution in [2.75, 3.05) is 0 Å². The van der Waals surface area contributed by atoms with Crippen molar-refractivity contribution in [3.8, 4) is 0 Å². The molecule has 2 aromatic rings. The smallest absolute Gasteiger partial charge is 0.306 e. The Kier molecular flexibility index (Phi) is 4.14. The van der Waals surface area contributed by atoms with Gasteiger partial charge in [0.05, 0.1) is 30.2 Å². The molecule has 0 aromatic carbocycles. The summed E-state index contributed by atoms with van der Waals surface area (Å²) in [7, 11) is 0. The van der Waals surface area contributed by atoms with E-state index in [1.165, 1.54) is 17.1 Å². The molecule has 1 amide bonds. The van der Waals surface area contributed by atoms with Crippen LogP contribution in [0.3, 0.4) is 0 Å². The molecule has 0 saturated heterocycles. The number of carbonyl (C=O) groups excluding carboxylic acids is 1. The van der Waals surface area contributed by atoms with E-state index in [1.54, 1.807) is 19.1 Å². The van der Waals surface area contributed by atoms with E-state index in [-0.39, 0.29) is 24.1 Å². The van der Waals surface area contributed by atoms with Gasteiger partial charge in [0, 0.05) is 0 Å². The highest BCUT2D eigenvalue weighted by atomic mass is 16.6. The van der Waals surface area contributed by atoms with E-state index < -0.39 is 4.92 Å². The van der Waals surface area contributed by atoms with Crippen LogP contribution in [0, 0.1) is 16.0 Å². The Labute approximate surface area is 114 Å². The third-order valence-corrected chi connectivity index (χ3v) is 2.76. The van der Waals surface area contributed by atoms with Crippen LogP contribution >= 0.6 is 0 Å². The molecule has 0 saturated carbocycles. The largest absolute Gasteiger partial charge is 0.467 e. The van der Waals surface area contributed by atoms with Crippen LogP contribution in [-0.2, 0) is 17.9 Å². The summed E-state index contributed by atoms with van der Waals surface area (Å²) in [6.45, 7) is 2.32. The van der Waals surface area contributed by atoms with Gasteiger partial charge in [-0.05, 0) is 12.1 Å². The zero-order valence-corrected chi connectivity index (χ0v) is 10.9. The first-order valence-corrected chi connectivity index (χ1v) is 6.03. The zero-order valence-electron chi connectivity index (χ0n) is 10.9. The van der Waals surface area contributed by atoms with Gasteiger partial charge in [0.1, 0.15) is 18.2 Å². The third-order valence-electron chi connectivity index (χ3n) is 2.76. The van der Waals surface area contributed by atoms with Crippen molar-refractivity contribution in [1.82, 2.24) is 15.1 Å². The Morgan fingerprint density at radius 1 is 1.65 bits per heavy atom. The first-order valence-electron chi connectivity index (χ1n) is 6.03. The van der Waals surface area contributed by atoms with Gasteiger partial charge < -0.3 is 9.73 Å². The highest BCUT2D eigenvalue weighted by Gasteiger charge is 2.16. The molecular formula is C12H14N4O4. The lowest BCUT2D eigenvalue weighted by Crippen LogP contribution is -2.31. The average Bonchev–Trinajstić information content (AvgIpc) is 3.06. The van der Waals surface area contributed by atoms with Crippen molar-refractivity contribution in [2.24, 2.45) is 5.92 Å². The van der Waals surface area contributed by atoms with Gasteiger partial charge in [0.2, 0.25) is 5.91 Å². The van der Waals surface area contributed by atoms with E-state index in [0.29, 0.717) is 12.3 Å². The number of hydrogen-bond donors (Lipinski definition) is 1. The number of nitrogens with one attached hydrogen (secondary N) is 1. The van der Waals surface area contributed by atoms with Crippen LogP contribution in [0.25, 0.3) is 0 Å². The van der Waals surface area contributed by atoms with Gasteiger partial charge in [0.15, 0.2) is 0 Å². The fourth-order valence-corrected chi connectivity index (χ4v) is 1.67. The molecule has 0 aliphatic carbocycles. The van der Waals surface area contributed by atoms with Gasteiger partial charge in [-0.3, -0.25) is 19.6 Å². The number of hydrogen-bond acceptors (Lipinski definition) is 5. The SMILES string of the molecule is CC(Cn1cc([N+](=O)[O-])cn1)C(=O)NCc1ccco1. The Hall–Kier alpha value is -2.64. The molecule has 0 aliphatic rings. The molecule has 2 rings (SSSR count). The number of aromatic nitrogens is 2. The molecule has 2 heterocycles. The second kappa shape index (κ2) is 6.00. The Morgan fingerprint density at radius 3 is 3.05 bits per heavy atom. The van der Waals surface area contributed by atoms with Crippen molar-refractivity contribution in [2.45, 2.75) is 20.0 Å². The minimum atomic E-state index is -0.523. The lowest BCUT2D eigenvalue weighted by Gasteiger charge is -2.11. The first-order chi connectivity index (χ1) is 9.56. The van der Waals surface area contributed by atoms with E-state index >= 15 is 0 Å². The van der Waals surface area contributed by atoms with Gasteiger partial charge in [-0.15, -0.1) is 0 Å². The number of rotatable bonds is 6.